The highest BCUT2D eigenvalue weighted by molar-refractivity contribution is 5.87. The number of carbonyl (C=O) groups excluding carboxylic acids is 1. The van der Waals surface area contributed by atoms with Crippen LogP contribution in [0.4, 0.5) is 0 Å². The van der Waals surface area contributed by atoms with Gasteiger partial charge < -0.3 is 14.9 Å². The molecule has 0 spiro atoms. The van der Waals surface area contributed by atoms with Gasteiger partial charge in [-0.3, -0.25) is 0 Å². The molecule has 15 heavy (non-hydrogen) atoms. The van der Waals surface area contributed by atoms with Crippen molar-refractivity contribution >= 4 is 12.0 Å². The largest absolute Gasteiger partial charge is 0.508 e. The van der Waals surface area contributed by atoms with E-state index in [0.717, 1.165) is 0 Å². The molecule has 0 fully saturated rings. The molecule has 1 aromatic rings. The van der Waals surface area contributed by atoms with Crippen LogP contribution in [0.2, 0.25) is 0 Å². The Labute approximate surface area is 87.4 Å². The monoisotopic (exact) mass is 208 g/mol. The van der Waals surface area contributed by atoms with Crippen molar-refractivity contribution in [3.8, 4) is 11.5 Å². The summed E-state index contributed by atoms with van der Waals surface area (Å²) in [6.45, 7) is 2.02. The minimum atomic E-state index is -0.468. The van der Waals surface area contributed by atoms with Crippen LogP contribution in [0.25, 0.3) is 6.08 Å². The second-order valence-corrected chi connectivity index (χ2v) is 2.83. The maximum Gasteiger partial charge on any atom is 0.330 e. The average molecular weight is 208 g/mol. The Bertz CT molecular complexity index is 382. The molecule has 4 nitrogen and oxygen atoms in total. The Balaban J connectivity index is 2.76. The van der Waals surface area contributed by atoms with Gasteiger partial charge in [-0.2, -0.15) is 0 Å². The highest BCUT2D eigenvalue weighted by Crippen LogP contribution is 2.23. The van der Waals surface area contributed by atoms with Crippen LogP contribution in [-0.4, -0.2) is 22.8 Å². The zero-order chi connectivity index (χ0) is 11.3. The number of phenols is 2. The van der Waals surface area contributed by atoms with Crippen LogP contribution in [0.1, 0.15) is 12.5 Å². The molecule has 0 aliphatic carbocycles. The summed E-state index contributed by atoms with van der Waals surface area (Å²) in [6, 6.07) is 4.12. The van der Waals surface area contributed by atoms with E-state index in [1.165, 1.54) is 30.4 Å². The van der Waals surface area contributed by atoms with Crippen molar-refractivity contribution in [2.75, 3.05) is 6.61 Å². The van der Waals surface area contributed by atoms with Crippen LogP contribution in [-0.2, 0) is 9.53 Å². The first-order chi connectivity index (χ1) is 7.13. The first kappa shape index (κ1) is 11.1. The number of aromatic hydroxyl groups is 2. The van der Waals surface area contributed by atoms with Crippen LogP contribution in [0, 0.1) is 0 Å². The summed E-state index contributed by atoms with van der Waals surface area (Å²) in [5.41, 5.74) is 0.445. The zero-order valence-electron chi connectivity index (χ0n) is 8.30. The van der Waals surface area contributed by atoms with Gasteiger partial charge in [-0.25, -0.2) is 4.79 Å². The second kappa shape index (κ2) is 5.05. The third-order valence-corrected chi connectivity index (χ3v) is 1.70. The van der Waals surface area contributed by atoms with Crippen molar-refractivity contribution in [3.05, 3.63) is 29.8 Å². The molecule has 0 aromatic heterocycles. The van der Waals surface area contributed by atoms with Crippen molar-refractivity contribution in [2.24, 2.45) is 0 Å². The van der Waals surface area contributed by atoms with E-state index in [0.29, 0.717) is 12.2 Å². The Morgan fingerprint density at radius 2 is 2.20 bits per heavy atom. The third kappa shape index (κ3) is 3.34. The molecule has 0 unspecified atom stereocenters. The number of carbonyl (C=O) groups is 1. The van der Waals surface area contributed by atoms with Crippen LogP contribution < -0.4 is 0 Å². The van der Waals surface area contributed by atoms with Gasteiger partial charge in [0.25, 0.3) is 0 Å². The third-order valence-electron chi connectivity index (χ3n) is 1.70. The lowest BCUT2D eigenvalue weighted by Gasteiger charge is -1.99. The molecule has 0 saturated carbocycles. The van der Waals surface area contributed by atoms with Gasteiger partial charge in [0.2, 0.25) is 0 Å². The fraction of sp³-hybridized carbons (Fsp3) is 0.182. The predicted molar refractivity (Wildman–Crippen MR) is 55.4 cm³/mol. The predicted octanol–water partition coefficient (Wildman–Crippen LogP) is 1.67. The second-order valence-electron chi connectivity index (χ2n) is 2.83. The van der Waals surface area contributed by atoms with E-state index < -0.39 is 5.97 Å². The van der Waals surface area contributed by atoms with E-state index in [4.69, 9.17) is 5.11 Å². The van der Waals surface area contributed by atoms with E-state index in [2.05, 4.69) is 4.74 Å². The number of phenolic OH excluding ortho intramolecular Hbond substituents is 2. The zero-order valence-corrected chi connectivity index (χ0v) is 8.30. The Kier molecular flexibility index (Phi) is 3.74. The summed E-state index contributed by atoms with van der Waals surface area (Å²) in [4.78, 5) is 11.0. The first-order valence-corrected chi connectivity index (χ1v) is 4.50. The number of esters is 1. The summed E-state index contributed by atoms with van der Waals surface area (Å²) in [5.74, 6) is -0.582. The number of benzene rings is 1. The highest BCUT2D eigenvalue weighted by Gasteiger charge is 1.99. The molecule has 0 saturated heterocycles. The summed E-state index contributed by atoms with van der Waals surface area (Å²) >= 11 is 0. The van der Waals surface area contributed by atoms with Gasteiger partial charge in [0, 0.05) is 17.7 Å². The Morgan fingerprint density at radius 1 is 1.47 bits per heavy atom. The molecule has 0 radical (unpaired) electrons. The molecule has 0 aliphatic heterocycles. The molecule has 0 amide bonds. The van der Waals surface area contributed by atoms with Crippen LogP contribution in [0.3, 0.4) is 0 Å². The average Bonchev–Trinajstić information content (AvgIpc) is 2.17. The fourth-order valence-corrected chi connectivity index (χ4v) is 1.02. The van der Waals surface area contributed by atoms with E-state index in [1.807, 2.05) is 0 Å². The summed E-state index contributed by atoms with van der Waals surface area (Å²) in [6.07, 6.45) is 2.64. The molecule has 0 bridgehead atoms. The molecular weight excluding hydrogens is 196 g/mol. The van der Waals surface area contributed by atoms with Gasteiger partial charge in [-0.1, -0.05) is 0 Å². The van der Waals surface area contributed by atoms with Crippen molar-refractivity contribution in [3.63, 3.8) is 0 Å². The number of rotatable bonds is 3. The lowest BCUT2D eigenvalue weighted by Crippen LogP contribution is -1.98. The molecule has 0 heterocycles. The van der Waals surface area contributed by atoms with Crippen LogP contribution >= 0.6 is 0 Å². The number of hydrogen-bond acceptors (Lipinski definition) is 4. The Hall–Kier alpha value is -1.97. The lowest BCUT2D eigenvalue weighted by molar-refractivity contribution is -0.137. The molecule has 80 valence electrons. The number of ether oxygens (including phenoxy) is 1. The van der Waals surface area contributed by atoms with E-state index in [1.54, 1.807) is 6.92 Å². The first-order valence-electron chi connectivity index (χ1n) is 4.50. The van der Waals surface area contributed by atoms with E-state index >= 15 is 0 Å². The Morgan fingerprint density at radius 3 is 2.80 bits per heavy atom. The van der Waals surface area contributed by atoms with E-state index in [9.17, 15) is 9.90 Å². The molecule has 4 heteroatoms. The van der Waals surface area contributed by atoms with Gasteiger partial charge in [-0.15, -0.1) is 0 Å². The summed E-state index contributed by atoms with van der Waals surface area (Å²) in [7, 11) is 0. The minimum absolute atomic E-state index is 0.0271. The molecule has 0 aliphatic rings. The highest BCUT2D eigenvalue weighted by atomic mass is 16.5. The fourth-order valence-electron chi connectivity index (χ4n) is 1.02. The molecule has 2 N–H and O–H groups in total. The van der Waals surface area contributed by atoms with Gasteiger partial charge in [0.1, 0.15) is 11.5 Å². The molecule has 1 rings (SSSR count). The smallest absolute Gasteiger partial charge is 0.330 e. The topological polar surface area (TPSA) is 66.8 Å². The van der Waals surface area contributed by atoms with Crippen LogP contribution in [0.5, 0.6) is 11.5 Å². The van der Waals surface area contributed by atoms with Gasteiger partial charge >= 0.3 is 5.97 Å². The van der Waals surface area contributed by atoms with Crippen molar-refractivity contribution in [1.29, 1.82) is 0 Å². The minimum Gasteiger partial charge on any atom is -0.508 e. The quantitative estimate of drug-likeness (QED) is 0.585. The summed E-state index contributed by atoms with van der Waals surface area (Å²) in [5, 5.41) is 18.4. The maximum atomic E-state index is 11.0. The normalized spacial score (nSPS) is 10.5. The number of hydrogen-bond donors (Lipinski definition) is 2. The van der Waals surface area contributed by atoms with Crippen molar-refractivity contribution < 1.29 is 19.7 Å². The maximum absolute atomic E-state index is 11.0. The molecule has 0 atom stereocenters. The molecule has 1 aromatic carbocycles. The van der Waals surface area contributed by atoms with E-state index in [-0.39, 0.29) is 11.5 Å². The van der Waals surface area contributed by atoms with Gasteiger partial charge in [0.15, 0.2) is 0 Å². The van der Waals surface area contributed by atoms with Crippen LogP contribution in [0.15, 0.2) is 24.3 Å². The molecular formula is C11H12O4. The van der Waals surface area contributed by atoms with Gasteiger partial charge in [0.05, 0.1) is 6.61 Å². The van der Waals surface area contributed by atoms with Crippen molar-refractivity contribution in [2.45, 2.75) is 6.92 Å². The lowest BCUT2D eigenvalue weighted by atomic mass is 10.2. The SMILES string of the molecule is CCOC(=O)C=Cc1ccc(O)cc1O. The van der Waals surface area contributed by atoms with Gasteiger partial charge in [-0.05, 0) is 25.1 Å². The summed E-state index contributed by atoms with van der Waals surface area (Å²) < 4.78 is 4.67. The van der Waals surface area contributed by atoms with Crippen molar-refractivity contribution in [1.82, 2.24) is 0 Å². The standard InChI is InChI=1S/C11H12O4/c1-2-15-11(14)6-4-8-3-5-9(12)7-10(8)13/h3-7,12-13H,2H2,1H3.